The highest BCUT2D eigenvalue weighted by Gasteiger charge is 2.16. The van der Waals surface area contributed by atoms with Gasteiger partial charge in [-0.3, -0.25) is 4.79 Å². The quantitative estimate of drug-likeness (QED) is 0.754. The van der Waals surface area contributed by atoms with E-state index >= 15 is 0 Å². The lowest BCUT2D eigenvalue weighted by molar-refractivity contribution is -0.115. The van der Waals surface area contributed by atoms with Crippen molar-refractivity contribution in [1.82, 2.24) is 0 Å². The average molecular weight is 412 g/mol. The Balaban J connectivity index is 1.93. The average Bonchev–Trinajstić information content (AvgIpc) is 2.56. The fourth-order valence-corrected chi connectivity index (χ4v) is 3.52. The van der Waals surface area contributed by atoms with Gasteiger partial charge in [0.05, 0.1) is 17.3 Å². The first-order valence-electron chi connectivity index (χ1n) is 7.42. The van der Waals surface area contributed by atoms with E-state index in [-0.39, 0.29) is 23.0 Å². The first-order valence-corrected chi connectivity index (χ1v) is 9.86. The summed E-state index contributed by atoms with van der Waals surface area (Å²) in [6.45, 7) is 2.37. The Kier molecular flexibility index (Phi) is 6.39. The van der Waals surface area contributed by atoms with E-state index in [4.69, 9.17) is 4.74 Å². The summed E-state index contributed by atoms with van der Waals surface area (Å²) in [6, 6.07) is 13.3. The summed E-state index contributed by atoms with van der Waals surface area (Å²) in [5, 5.41) is 2.67. The van der Waals surface area contributed by atoms with Crippen LogP contribution in [0.4, 0.5) is 5.69 Å². The van der Waals surface area contributed by atoms with Crippen LogP contribution in [0.5, 0.6) is 5.75 Å². The van der Waals surface area contributed by atoms with Crippen LogP contribution in [-0.4, -0.2) is 26.7 Å². The summed E-state index contributed by atoms with van der Waals surface area (Å²) in [5.74, 6) is 0.0276. The van der Waals surface area contributed by atoms with Crippen molar-refractivity contribution in [3.63, 3.8) is 0 Å². The number of rotatable bonds is 7. The van der Waals surface area contributed by atoms with E-state index in [1.54, 1.807) is 36.4 Å². The summed E-state index contributed by atoms with van der Waals surface area (Å²) < 4.78 is 30.7. The van der Waals surface area contributed by atoms with Crippen LogP contribution in [0.3, 0.4) is 0 Å². The fourth-order valence-electron chi connectivity index (χ4n) is 2.01. The molecule has 0 saturated heterocycles. The van der Waals surface area contributed by atoms with Crippen LogP contribution < -0.4 is 10.1 Å². The standard InChI is InChI=1S/C17H18BrNO4S/c1-2-23-15-7-9-16(10-8-15)24(21,22)12-11-17(20)19-14-5-3-13(18)4-6-14/h3-10H,2,11-12H2,1H3,(H,19,20). The number of sulfone groups is 1. The lowest BCUT2D eigenvalue weighted by Crippen LogP contribution is -2.17. The van der Waals surface area contributed by atoms with E-state index in [1.807, 2.05) is 6.92 Å². The van der Waals surface area contributed by atoms with Gasteiger partial charge in [0.25, 0.3) is 0 Å². The molecule has 0 unspecified atom stereocenters. The molecular formula is C17H18BrNO4S. The number of nitrogens with one attached hydrogen (secondary N) is 1. The van der Waals surface area contributed by atoms with E-state index in [9.17, 15) is 13.2 Å². The van der Waals surface area contributed by atoms with Crippen LogP contribution in [0.15, 0.2) is 57.9 Å². The highest BCUT2D eigenvalue weighted by molar-refractivity contribution is 9.10. The van der Waals surface area contributed by atoms with E-state index in [1.165, 1.54) is 12.1 Å². The molecule has 0 aromatic heterocycles. The zero-order chi connectivity index (χ0) is 17.6. The molecule has 2 aromatic rings. The molecule has 0 bridgehead atoms. The molecule has 128 valence electrons. The first-order chi connectivity index (χ1) is 11.4. The van der Waals surface area contributed by atoms with E-state index in [0.29, 0.717) is 18.0 Å². The minimum atomic E-state index is -3.51. The minimum absolute atomic E-state index is 0.106. The van der Waals surface area contributed by atoms with Gasteiger partial charge >= 0.3 is 0 Å². The topological polar surface area (TPSA) is 72.5 Å². The summed E-state index contributed by atoms with van der Waals surface area (Å²) in [5.41, 5.74) is 0.627. The monoisotopic (exact) mass is 411 g/mol. The molecule has 0 atom stereocenters. The maximum Gasteiger partial charge on any atom is 0.225 e. The van der Waals surface area contributed by atoms with Gasteiger partial charge < -0.3 is 10.1 Å². The summed E-state index contributed by atoms with van der Waals surface area (Å²) in [6.07, 6.45) is -0.106. The molecule has 2 rings (SSSR count). The van der Waals surface area contributed by atoms with Crippen LogP contribution in [0.25, 0.3) is 0 Å². The second-order valence-corrected chi connectivity index (χ2v) is 8.05. The molecule has 0 aliphatic carbocycles. The van der Waals surface area contributed by atoms with Gasteiger partial charge in [-0.2, -0.15) is 0 Å². The zero-order valence-electron chi connectivity index (χ0n) is 13.2. The maximum atomic E-state index is 12.3. The van der Waals surface area contributed by atoms with Gasteiger partial charge in [0.1, 0.15) is 5.75 Å². The number of anilines is 1. The Morgan fingerprint density at radius 2 is 1.71 bits per heavy atom. The largest absolute Gasteiger partial charge is 0.494 e. The maximum absolute atomic E-state index is 12.3. The zero-order valence-corrected chi connectivity index (χ0v) is 15.6. The third-order valence-corrected chi connectivity index (χ3v) is 5.48. The van der Waals surface area contributed by atoms with Crippen molar-refractivity contribution in [2.75, 3.05) is 17.7 Å². The Hall–Kier alpha value is -1.86. The smallest absolute Gasteiger partial charge is 0.225 e. The molecule has 0 heterocycles. The van der Waals surface area contributed by atoms with Crippen molar-refractivity contribution >= 4 is 37.4 Å². The molecule has 0 aliphatic rings. The Labute approximate surface area is 150 Å². The van der Waals surface area contributed by atoms with Gasteiger partial charge in [-0.1, -0.05) is 15.9 Å². The lowest BCUT2D eigenvalue weighted by atomic mass is 10.3. The SMILES string of the molecule is CCOc1ccc(S(=O)(=O)CCC(=O)Nc2ccc(Br)cc2)cc1. The van der Waals surface area contributed by atoms with E-state index in [2.05, 4.69) is 21.2 Å². The molecule has 1 N–H and O–H groups in total. The number of carbonyl (C=O) groups excluding carboxylic acids is 1. The number of carbonyl (C=O) groups is 1. The molecule has 0 saturated carbocycles. The predicted octanol–water partition coefficient (Wildman–Crippen LogP) is 3.65. The number of amides is 1. The Morgan fingerprint density at radius 1 is 1.08 bits per heavy atom. The third kappa shape index (κ3) is 5.35. The molecule has 0 spiro atoms. The molecular weight excluding hydrogens is 394 g/mol. The summed E-state index contributed by atoms with van der Waals surface area (Å²) in [4.78, 5) is 12.1. The number of halogens is 1. The molecule has 5 nitrogen and oxygen atoms in total. The predicted molar refractivity (Wildman–Crippen MR) is 97.1 cm³/mol. The summed E-state index contributed by atoms with van der Waals surface area (Å²) >= 11 is 3.31. The summed E-state index contributed by atoms with van der Waals surface area (Å²) in [7, 11) is -3.51. The Bertz CT molecular complexity index is 786. The Morgan fingerprint density at radius 3 is 2.29 bits per heavy atom. The van der Waals surface area contributed by atoms with Crippen LogP contribution in [0.2, 0.25) is 0 Å². The van der Waals surface area contributed by atoms with Gasteiger partial charge in [0.15, 0.2) is 9.84 Å². The van der Waals surface area contributed by atoms with Crippen LogP contribution >= 0.6 is 15.9 Å². The van der Waals surface area contributed by atoms with Gasteiger partial charge in [-0.05, 0) is 55.5 Å². The van der Waals surface area contributed by atoms with Crippen LogP contribution in [0, 0.1) is 0 Å². The van der Waals surface area contributed by atoms with Gasteiger partial charge in [-0.25, -0.2) is 8.42 Å². The highest BCUT2D eigenvalue weighted by atomic mass is 79.9. The van der Waals surface area contributed by atoms with Crippen molar-refractivity contribution in [2.45, 2.75) is 18.2 Å². The van der Waals surface area contributed by atoms with Crippen LogP contribution in [-0.2, 0) is 14.6 Å². The van der Waals surface area contributed by atoms with Crippen molar-refractivity contribution in [3.8, 4) is 5.75 Å². The molecule has 0 radical (unpaired) electrons. The van der Waals surface area contributed by atoms with Gasteiger partial charge in [-0.15, -0.1) is 0 Å². The molecule has 24 heavy (non-hydrogen) atoms. The second kappa shape index (κ2) is 8.30. The number of hydrogen-bond acceptors (Lipinski definition) is 4. The second-order valence-electron chi connectivity index (χ2n) is 5.03. The van der Waals surface area contributed by atoms with Crippen molar-refractivity contribution in [3.05, 3.63) is 53.0 Å². The molecule has 0 aliphatic heterocycles. The first kappa shape index (κ1) is 18.5. The molecule has 0 fully saturated rings. The van der Waals surface area contributed by atoms with E-state index < -0.39 is 9.84 Å². The molecule has 1 amide bonds. The van der Waals surface area contributed by atoms with Crippen molar-refractivity contribution in [2.24, 2.45) is 0 Å². The number of benzene rings is 2. The van der Waals surface area contributed by atoms with Gasteiger partial charge in [0, 0.05) is 16.6 Å². The van der Waals surface area contributed by atoms with Gasteiger partial charge in [0.2, 0.25) is 5.91 Å². The number of hydrogen-bond donors (Lipinski definition) is 1. The van der Waals surface area contributed by atoms with E-state index in [0.717, 1.165) is 4.47 Å². The minimum Gasteiger partial charge on any atom is -0.494 e. The molecule has 7 heteroatoms. The lowest BCUT2D eigenvalue weighted by Gasteiger charge is -2.08. The molecule has 2 aromatic carbocycles. The van der Waals surface area contributed by atoms with Crippen molar-refractivity contribution in [1.29, 1.82) is 0 Å². The third-order valence-electron chi connectivity index (χ3n) is 3.22. The van der Waals surface area contributed by atoms with Crippen LogP contribution in [0.1, 0.15) is 13.3 Å². The normalized spacial score (nSPS) is 11.1. The van der Waals surface area contributed by atoms with Crippen molar-refractivity contribution < 1.29 is 17.9 Å². The number of ether oxygens (including phenoxy) is 1. The fraction of sp³-hybridized carbons (Fsp3) is 0.235. The highest BCUT2D eigenvalue weighted by Crippen LogP contribution is 2.18.